The van der Waals surface area contributed by atoms with Crippen LogP contribution in [0.3, 0.4) is 0 Å². The van der Waals surface area contributed by atoms with E-state index in [0.717, 1.165) is 17.9 Å². The van der Waals surface area contributed by atoms with Gasteiger partial charge in [-0.15, -0.1) is 0 Å². The van der Waals surface area contributed by atoms with Crippen LogP contribution in [0.4, 0.5) is 0 Å². The van der Waals surface area contributed by atoms with Gasteiger partial charge in [0.2, 0.25) is 0 Å². The molecule has 0 aliphatic rings. The highest BCUT2D eigenvalue weighted by molar-refractivity contribution is 6.70. The average molecular weight is 331 g/mol. The maximum absolute atomic E-state index is 6.13. The van der Waals surface area contributed by atoms with Crippen molar-refractivity contribution in [2.75, 3.05) is 14.2 Å². The molecule has 0 bridgehead atoms. The molecule has 0 aromatic carbocycles. The van der Waals surface area contributed by atoms with Crippen LogP contribution in [0.25, 0.3) is 0 Å². The summed E-state index contributed by atoms with van der Waals surface area (Å²) in [5.74, 6) is 1.47. The predicted octanol–water partition coefficient (Wildman–Crippen LogP) is 6.54. The molecule has 0 amide bonds. The van der Waals surface area contributed by atoms with Gasteiger partial charge >= 0.3 is 8.56 Å². The molecule has 0 spiro atoms. The molecule has 0 rings (SSSR count). The van der Waals surface area contributed by atoms with Crippen LogP contribution in [0.5, 0.6) is 0 Å². The van der Waals surface area contributed by atoms with E-state index in [9.17, 15) is 0 Å². The summed E-state index contributed by atoms with van der Waals surface area (Å²) in [7, 11) is 1.57. The van der Waals surface area contributed by atoms with Crippen molar-refractivity contribution in [2.45, 2.75) is 97.6 Å². The van der Waals surface area contributed by atoms with Crippen LogP contribution in [0.2, 0.25) is 11.1 Å². The summed E-state index contributed by atoms with van der Waals surface area (Å²) in [5, 5.41) is 0.157. The lowest BCUT2D eigenvalue weighted by Gasteiger charge is -2.44. The summed E-state index contributed by atoms with van der Waals surface area (Å²) < 4.78 is 12.3. The SMILES string of the molecule is CCCCCC(C)CC(C)(C)[Si](CC(CC)CC)(OC)OC. The third kappa shape index (κ3) is 6.33. The fourth-order valence-corrected chi connectivity index (χ4v) is 8.06. The summed E-state index contributed by atoms with van der Waals surface area (Å²) in [6, 6.07) is 1.13. The Hall–Kier alpha value is 0.137. The summed E-state index contributed by atoms with van der Waals surface area (Å²) in [5.41, 5.74) is 0. The Morgan fingerprint density at radius 3 is 1.91 bits per heavy atom. The third-order valence-electron chi connectivity index (χ3n) is 5.56. The van der Waals surface area contributed by atoms with E-state index in [-0.39, 0.29) is 5.04 Å². The van der Waals surface area contributed by atoms with Gasteiger partial charge in [0.05, 0.1) is 0 Å². The van der Waals surface area contributed by atoms with E-state index in [2.05, 4.69) is 41.5 Å². The first-order valence-electron chi connectivity index (χ1n) is 9.42. The summed E-state index contributed by atoms with van der Waals surface area (Å²) >= 11 is 0. The number of hydrogen-bond donors (Lipinski definition) is 0. The van der Waals surface area contributed by atoms with Crippen LogP contribution < -0.4 is 0 Å². The van der Waals surface area contributed by atoms with Gasteiger partial charge in [-0.2, -0.15) is 0 Å². The molecule has 0 aromatic heterocycles. The van der Waals surface area contributed by atoms with Crippen molar-refractivity contribution < 1.29 is 8.85 Å². The van der Waals surface area contributed by atoms with Crippen LogP contribution >= 0.6 is 0 Å². The fraction of sp³-hybridized carbons (Fsp3) is 1.00. The number of unbranched alkanes of at least 4 members (excludes halogenated alkanes) is 2. The molecule has 0 aromatic rings. The molecule has 0 N–H and O–H groups in total. The van der Waals surface area contributed by atoms with Crippen molar-refractivity contribution in [1.82, 2.24) is 0 Å². The predicted molar refractivity (Wildman–Crippen MR) is 101 cm³/mol. The first-order chi connectivity index (χ1) is 10.3. The van der Waals surface area contributed by atoms with Crippen molar-refractivity contribution in [3.05, 3.63) is 0 Å². The highest BCUT2D eigenvalue weighted by atomic mass is 28.4. The second-order valence-corrected chi connectivity index (χ2v) is 11.8. The second kappa shape index (κ2) is 10.8. The Labute approximate surface area is 141 Å². The lowest BCUT2D eigenvalue weighted by Crippen LogP contribution is -2.51. The molecule has 0 fully saturated rings. The van der Waals surface area contributed by atoms with Crippen LogP contribution in [-0.2, 0) is 8.85 Å². The summed E-state index contributed by atoms with van der Waals surface area (Å²) in [6.07, 6.45) is 9.01. The topological polar surface area (TPSA) is 18.5 Å². The molecule has 3 heteroatoms. The van der Waals surface area contributed by atoms with Crippen molar-refractivity contribution in [3.8, 4) is 0 Å². The molecule has 134 valence electrons. The Morgan fingerprint density at radius 2 is 1.50 bits per heavy atom. The van der Waals surface area contributed by atoms with E-state index in [1.807, 2.05) is 14.2 Å². The molecule has 0 saturated heterocycles. The van der Waals surface area contributed by atoms with E-state index in [1.165, 1.54) is 44.9 Å². The van der Waals surface area contributed by atoms with Gasteiger partial charge in [-0.3, -0.25) is 0 Å². The fourth-order valence-electron chi connectivity index (χ4n) is 3.91. The van der Waals surface area contributed by atoms with Crippen LogP contribution in [0.15, 0.2) is 0 Å². The Balaban J connectivity index is 4.94. The minimum Gasteiger partial charge on any atom is -0.397 e. The zero-order chi connectivity index (χ0) is 17.2. The number of rotatable bonds is 13. The Kier molecular flexibility index (Phi) is 10.9. The van der Waals surface area contributed by atoms with Gasteiger partial charge in [0, 0.05) is 19.3 Å². The number of hydrogen-bond acceptors (Lipinski definition) is 2. The van der Waals surface area contributed by atoms with Crippen molar-refractivity contribution in [2.24, 2.45) is 11.8 Å². The van der Waals surface area contributed by atoms with E-state index in [4.69, 9.17) is 8.85 Å². The molecule has 22 heavy (non-hydrogen) atoms. The molecule has 0 aliphatic heterocycles. The minimum absolute atomic E-state index is 0.157. The maximum atomic E-state index is 6.13. The van der Waals surface area contributed by atoms with Crippen molar-refractivity contribution in [1.29, 1.82) is 0 Å². The van der Waals surface area contributed by atoms with Crippen molar-refractivity contribution in [3.63, 3.8) is 0 Å². The van der Waals surface area contributed by atoms with Gasteiger partial charge in [0.25, 0.3) is 0 Å². The third-order valence-corrected chi connectivity index (χ3v) is 10.3. The lowest BCUT2D eigenvalue weighted by molar-refractivity contribution is 0.189. The minimum atomic E-state index is -2.19. The standard InChI is InChI=1S/C19H42O2Si/c1-9-12-13-14-17(4)15-19(5,6)22(20-7,21-8)16-18(10-2)11-3/h17-18H,9-16H2,1-8H3. The molecular formula is C19H42O2Si. The quantitative estimate of drug-likeness (QED) is 0.282. The van der Waals surface area contributed by atoms with Gasteiger partial charge in [0.15, 0.2) is 0 Å². The first-order valence-corrected chi connectivity index (χ1v) is 11.4. The molecule has 1 unspecified atom stereocenters. The monoisotopic (exact) mass is 330 g/mol. The zero-order valence-corrected chi connectivity index (χ0v) is 17.6. The molecule has 0 saturated carbocycles. The zero-order valence-electron chi connectivity index (χ0n) is 16.6. The Bertz CT molecular complexity index is 271. The molecule has 0 radical (unpaired) electrons. The highest BCUT2D eigenvalue weighted by Crippen LogP contribution is 2.48. The smallest absolute Gasteiger partial charge is 0.343 e. The highest BCUT2D eigenvalue weighted by Gasteiger charge is 2.51. The molecule has 0 heterocycles. The normalized spacial score (nSPS) is 14.6. The van der Waals surface area contributed by atoms with Gasteiger partial charge in [-0.05, 0) is 24.3 Å². The van der Waals surface area contributed by atoms with E-state index < -0.39 is 8.56 Å². The molecule has 0 aliphatic carbocycles. The molecule has 2 nitrogen and oxygen atoms in total. The maximum Gasteiger partial charge on any atom is 0.343 e. The van der Waals surface area contributed by atoms with Crippen LogP contribution in [0.1, 0.15) is 86.5 Å². The molecular weight excluding hydrogens is 288 g/mol. The summed E-state index contributed by atoms with van der Waals surface area (Å²) in [4.78, 5) is 0. The lowest BCUT2D eigenvalue weighted by atomic mass is 9.93. The van der Waals surface area contributed by atoms with Gasteiger partial charge in [-0.1, -0.05) is 80.1 Å². The van der Waals surface area contributed by atoms with Crippen LogP contribution in [-0.4, -0.2) is 22.8 Å². The van der Waals surface area contributed by atoms with Gasteiger partial charge < -0.3 is 8.85 Å². The van der Waals surface area contributed by atoms with E-state index in [0.29, 0.717) is 0 Å². The van der Waals surface area contributed by atoms with E-state index >= 15 is 0 Å². The van der Waals surface area contributed by atoms with E-state index in [1.54, 1.807) is 0 Å². The summed E-state index contributed by atoms with van der Waals surface area (Å²) in [6.45, 7) is 14.0. The largest absolute Gasteiger partial charge is 0.397 e. The van der Waals surface area contributed by atoms with Gasteiger partial charge in [-0.25, -0.2) is 0 Å². The van der Waals surface area contributed by atoms with Gasteiger partial charge in [0.1, 0.15) is 0 Å². The second-order valence-electron chi connectivity index (χ2n) is 7.74. The van der Waals surface area contributed by atoms with Crippen molar-refractivity contribution >= 4 is 8.56 Å². The average Bonchev–Trinajstić information content (AvgIpc) is 2.48. The van der Waals surface area contributed by atoms with Crippen LogP contribution in [0, 0.1) is 11.8 Å². The first kappa shape index (κ1) is 22.1. The molecule has 1 atom stereocenters. The Morgan fingerprint density at radius 1 is 0.955 bits per heavy atom.